The molecule has 0 spiro atoms. The zero-order chi connectivity index (χ0) is 9.41. The summed E-state index contributed by atoms with van der Waals surface area (Å²) in [4.78, 5) is 5.38. The molecule has 0 aromatic heterocycles. The van der Waals surface area contributed by atoms with Gasteiger partial charge in [-0.1, -0.05) is 13.8 Å². The molecule has 1 saturated heterocycles. The molecule has 0 bridgehead atoms. The zero-order valence-electron chi connectivity index (χ0n) is 8.98. The summed E-state index contributed by atoms with van der Waals surface area (Å²) >= 11 is 0. The van der Waals surface area contributed by atoms with Gasteiger partial charge in [0.15, 0.2) is 0 Å². The van der Waals surface area contributed by atoms with Gasteiger partial charge in [-0.2, -0.15) is 5.06 Å². The van der Waals surface area contributed by atoms with Gasteiger partial charge in [-0.15, -0.1) is 0 Å². The molecular formula is C10H21NO. The van der Waals surface area contributed by atoms with Crippen LogP contribution in [0, 0.1) is 5.41 Å². The fourth-order valence-electron chi connectivity index (χ4n) is 1.91. The van der Waals surface area contributed by atoms with Crippen LogP contribution in [0.4, 0.5) is 0 Å². The topological polar surface area (TPSA) is 12.5 Å². The normalized spacial score (nSPS) is 28.8. The molecule has 0 N–H and O–H groups in total. The Kier molecular flexibility index (Phi) is 2.50. The number of hydrogen-bond donors (Lipinski definition) is 0. The summed E-state index contributed by atoms with van der Waals surface area (Å²) in [7, 11) is 1.77. The van der Waals surface area contributed by atoms with Crippen molar-refractivity contribution < 1.29 is 4.84 Å². The van der Waals surface area contributed by atoms with E-state index in [1.165, 1.54) is 12.8 Å². The predicted molar refractivity (Wildman–Crippen MR) is 50.8 cm³/mol. The van der Waals surface area contributed by atoms with Crippen molar-refractivity contribution in [3.8, 4) is 0 Å². The molecule has 2 nitrogen and oxygen atoms in total. The Morgan fingerprint density at radius 2 is 1.75 bits per heavy atom. The van der Waals surface area contributed by atoms with Gasteiger partial charge < -0.3 is 4.84 Å². The molecule has 1 aliphatic heterocycles. The van der Waals surface area contributed by atoms with Crippen LogP contribution >= 0.6 is 0 Å². The molecule has 0 aromatic carbocycles. The first-order valence-corrected chi connectivity index (χ1v) is 4.73. The molecule has 0 aliphatic carbocycles. The second-order valence-electron chi connectivity index (χ2n) is 4.83. The highest BCUT2D eigenvalue weighted by Crippen LogP contribution is 2.42. The van der Waals surface area contributed by atoms with Gasteiger partial charge in [0.25, 0.3) is 0 Å². The van der Waals surface area contributed by atoms with Crippen LogP contribution in [-0.4, -0.2) is 24.3 Å². The number of piperidine rings is 1. The van der Waals surface area contributed by atoms with Gasteiger partial charge in [0.05, 0.1) is 7.11 Å². The van der Waals surface area contributed by atoms with E-state index in [0.717, 1.165) is 6.54 Å². The standard InChI is InChI=1S/C10H21NO/c1-9(2)7-6-8-11(12-5)10(9,3)4/h6-8H2,1-5H3. The molecule has 12 heavy (non-hydrogen) atoms. The van der Waals surface area contributed by atoms with Gasteiger partial charge in [-0.3, -0.25) is 0 Å². The minimum atomic E-state index is 0.153. The first kappa shape index (κ1) is 10.0. The van der Waals surface area contributed by atoms with Crippen molar-refractivity contribution in [2.24, 2.45) is 5.41 Å². The van der Waals surface area contributed by atoms with Crippen molar-refractivity contribution in [1.82, 2.24) is 5.06 Å². The minimum Gasteiger partial charge on any atom is -0.302 e. The summed E-state index contributed by atoms with van der Waals surface area (Å²) < 4.78 is 0. The maximum atomic E-state index is 5.38. The molecule has 0 radical (unpaired) electrons. The summed E-state index contributed by atoms with van der Waals surface area (Å²) in [6.07, 6.45) is 2.53. The van der Waals surface area contributed by atoms with E-state index in [0.29, 0.717) is 5.41 Å². The van der Waals surface area contributed by atoms with Crippen molar-refractivity contribution in [3.63, 3.8) is 0 Å². The molecule has 2 heteroatoms. The summed E-state index contributed by atoms with van der Waals surface area (Å²) in [5.74, 6) is 0. The molecule has 0 unspecified atom stereocenters. The first-order valence-electron chi connectivity index (χ1n) is 4.73. The van der Waals surface area contributed by atoms with Gasteiger partial charge in [0.1, 0.15) is 0 Å². The molecule has 1 aliphatic rings. The van der Waals surface area contributed by atoms with E-state index in [1.807, 2.05) is 0 Å². The van der Waals surface area contributed by atoms with Crippen LogP contribution < -0.4 is 0 Å². The number of hydroxylamine groups is 2. The highest BCUT2D eigenvalue weighted by Gasteiger charge is 2.44. The van der Waals surface area contributed by atoms with Gasteiger partial charge in [-0.25, -0.2) is 0 Å². The average molecular weight is 171 g/mol. The van der Waals surface area contributed by atoms with E-state index < -0.39 is 0 Å². The third-order valence-corrected chi connectivity index (χ3v) is 3.66. The monoisotopic (exact) mass is 171 g/mol. The molecule has 0 amide bonds. The third kappa shape index (κ3) is 1.38. The average Bonchev–Trinajstić information content (AvgIpc) is 1.95. The molecular weight excluding hydrogens is 150 g/mol. The van der Waals surface area contributed by atoms with Crippen molar-refractivity contribution in [1.29, 1.82) is 0 Å². The Labute approximate surface area is 75.8 Å². The van der Waals surface area contributed by atoms with Crippen LogP contribution in [0.15, 0.2) is 0 Å². The van der Waals surface area contributed by atoms with Gasteiger partial charge in [0, 0.05) is 12.1 Å². The lowest BCUT2D eigenvalue weighted by atomic mass is 9.69. The lowest BCUT2D eigenvalue weighted by Gasteiger charge is -2.51. The maximum absolute atomic E-state index is 5.38. The number of hydrogen-bond acceptors (Lipinski definition) is 2. The Balaban J connectivity index is 2.82. The Morgan fingerprint density at radius 3 is 2.17 bits per heavy atom. The van der Waals surface area contributed by atoms with Gasteiger partial charge in [0.2, 0.25) is 0 Å². The highest BCUT2D eigenvalue weighted by molar-refractivity contribution is 4.95. The zero-order valence-corrected chi connectivity index (χ0v) is 8.98. The van der Waals surface area contributed by atoms with Crippen molar-refractivity contribution in [2.45, 2.75) is 46.1 Å². The van der Waals surface area contributed by atoms with Crippen LogP contribution in [0.2, 0.25) is 0 Å². The second-order valence-corrected chi connectivity index (χ2v) is 4.83. The SMILES string of the molecule is CON1CCCC(C)(C)C1(C)C. The lowest BCUT2D eigenvalue weighted by molar-refractivity contribution is -0.240. The lowest BCUT2D eigenvalue weighted by Crippen LogP contribution is -2.56. The molecule has 0 aromatic rings. The van der Waals surface area contributed by atoms with E-state index in [4.69, 9.17) is 4.84 Å². The Bertz CT molecular complexity index is 163. The molecule has 1 fully saturated rings. The van der Waals surface area contributed by atoms with Crippen LogP contribution in [0.25, 0.3) is 0 Å². The maximum Gasteiger partial charge on any atom is 0.0575 e. The molecule has 1 rings (SSSR count). The van der Waals surface area contributed by atoms with E-state index in [9.17, 15) is 0 Å². The molecule has 0 atom stereocenters. The van der Waals surface area contributed by atoms with Crippen LogP contribution in [0.3, 0.4) is 0 Å². The fraction of sp³-hybridized carbons (Fsp3) is 1.00. The Hall–Kier alpha value is -0.0800. The van der Waals surface area contributed by atoms with E-state index in [1.54, 1.807) is 7.11 Å². The third-order valence-electron chi connectivity index (χ3n) is 3.66. The van der Waals surface area contributed by atoms with E-state index >= 15 is 0 Å². The summed E-state index contributed by atoms with van der Waals surface area (Å²) in [6, 6.07) is 0. The minimum absolute atomic E-state index is 0.153. The molecule has 0 saturated carbocycles. The van der Waals surface area contributed by atoms with Crippen LogP contribution in [0.5, 0.6) is 0 Å². The van der Waals surface area contributed by atoms with Crippen LogP contribution in [-0.2, 0) is 4.84 Å². The number of nitrogens with zero attached hydrogens (tertiary/aromatic N) is 1. The van der Waals surface area contributed by atoms with Gasteiger partial charge in [-0.05, 0) is 32.1 Å². The summed E-state index contributed by atoms with van der Waals surface area (Å²) in [5.41, 5.74) is 0.501. The fourth-order valence-corrected chi connectivity index (χ4v) is 1.91. The number of rotatable bonds is 1. The summed E-state index contributed by atoms with van der Waals surface area (Å²) in [5, 5.41) is 2.11. The van der Waals surface area contributed by atoms with Crippen molar-refractivity contribution >= 4 is 0 Å². The van der Waals surface area contributed by atoms with E-state index in [2.05, 4.69) is 32.8 Å². The smallest absolute Gasteiger partial charge is 0.0575 e. The highest BCUT2D eigenvalue weighted by atomic mass is 16.7. The van der Waals surface area contributed by atoms with Crippen molar-refractivity contribution in [2.75, 3.05) is 13.7 Å². The van der Waals surface area contributed by atoms with E-state index in [-0.39, 0.29) is 5.54 Å². The van der Waals surface area contributed by atoms with Crippen molar-refractivity contribution in [3.05, 3.63) is 0 Å². The largest absolute Gasteiger partial charge is 0.302 e. The first-order chi connectivity index (χ1) is 5.42. The molecule has 72 valence electrons. The predicted octanol–water partition coefficient (Wildman–Crippen LogP) is 2.45. The molecule has 1 heterocycles. The second kappa shape index (κ2) is 3.00. The summed E-state index contributed by atoms with van der Waals surface area (Å²) in [6.45, 7) is 10.2. The van der Waals surface area contributed by atoms with Gasteiger partial charge >= 0.3 is 0 Å². The Morgan fingerprint density at radius 1 is 1.17 bits per heavy atom. The quantitative estimate of drug-likeness (QED) is 0.601. The van der Waals surface area contributed by atoms with Crippen LogP contribution in [0.1, 0.15) is 40.5 Å².